The van der Waals surface area contributed by atoms with E-state index in [0.29, 0.717) is 13.2 Å². The molecule has 0 aliphatic carbocycles. The van der Waals surface area contributed by atoms with Crippen LogP contribution in [0.3, 0.4) is 0 Å². The Bertz CT molecular complexity index is 415. The largest absolute Gasteiger partial charge is 0.490 e. The number of aliphatic hydroxyl groups excluding tert-OH is 1. The Morgan fingerprint density at radius 2 is 2.05 bits per heavy atom. The van der Waals surface area contributed by atoms with Crippen molar-refractivity contribution in [3.05, 3.63) is 28.2 Å². The Kier molecular flexibility index (Phi) is 8.92. The lowest BCUT2D eigenvalue weighted by Crippen LogP contribution is -2.25. The highest BCUT2D eigenvalue weighted by atomic mass is 79.9. The molecule has 120 valence electrons. The summed E-state index contributed by atoms with van der Waals surface area (Å²) < 4.78 is 11.9. The second-order valence-corrected chi connectivity index (χ2v) is 5.90. The average molecular weight is 360 g/mol. The molecule has 0 aromatic heterocycles. The third-order valence-corrected chi connectivity index (χ3v) is 3.58. The number of hydrogen-bond donors (Lipinski definition) is 2. The molecule has 2 unspecified atom stereocenters. The minimum Gasteiger partial charge on any atom is -0.490 e. The van der Waals surface area contributed by atoms with Crippen molar-refractivity contribution >= 4 is 15.9 Å². The van der Waals surface area contributed by atoms with Crippen molar-refractivity contribution in [3.63, 3.8) is 0 Å². The van der Waals surface area contributed by atoms with Crippen LogP contribution in [-0.2, 0) is 4.74 Å². The van der Waals surface area contributed by atoms with Gasteiger partial charge < -0.3 is 19.9 Å². The maximum atomic E-state index is 9.80. The summed E-state index contributed by atoms with van der Waals surface area (Å²) in [5, 5.41) is 13.3. The van der Waals surface area contributed by atoms with Crippen molar-refractivity contribution in [2.75, 3.05) is 26.4 Å². The van der Waals surface area contributed by atoms with Crippen LogP contribution in [0.15, 0.2) is 22.7 Å². The maximum absolute atomic E-state index is 9.80. The lowest BCUT2D eigenvalue weighted by molar-refractivity contribution is 0.0161. The molecule has 0 saturated carbocycles. The quantitative estimate of drug-likeness (QED) is 0.672. The lowest BCUT2D eigenvalue weighted by atomic mass is 10.1. The zero-order valence-corrected chi connectivity index (χ0v) is 14.6. The summed E-state index contributed by atoms with van der Waals surface area (Å²) >= 11 is 3.46. The first-order valence-electron chi connectivity index (χ1n) is 7.49. The molecule has 0 heterocycles. The van der Waals surface area contributed by atoms with Gasteiger partial charge in [0.2, 0.25) is 0 Å². The third kappa shape index (κ3) is 6.78. The number of ether oxygens (including phenoxy) is 2. The minimum atomic E-state index is -0.615. The van der Waals surface area contributed by atoms with Crippen LogP contribution in [0, 0.1) is 0 Å². The highest BCUT2D eigenvalue weighted by Crippen LogP contribution is 2.28. The molecule has 1 aromatic carbocycles. The van der Waals surface area contributed by atoms with Gasteiger partial charge in [0, 0.05) is 22.7 Å². The molecular formula is C16H26BrNO3. The van der Waals surface area contributed by atoms with Crippen LogP contribution in [0.2, 0.25) is 0 Å². The van der Waals surface area contributed by atoms with Gasteiger partial charge in [-0.3, -0.25) is 0 Å². The molecule has 0 radical (unpaired) electrons. The van der Waals surface area contributed by atoms with E-state index in [2.05, 4.69) is 35.1 Å². The van der Waals surface area contributed by atoms with E-state index in [4.69, 9.17) is 9.47 Å². The Balaban J connectivity index is 2.68. The topological polar surface area (TPSA) is 50.7 Å². The highest BCUT2D eigenvalue weighted by molar-refractivity contribution is 9.10. The summed E-state index contributed by atoms with van der Waals surface area (Å²) in [5.41, 5.74) is 1.09. The Morgan fingerprint density at radius 3 is 2.71 bits per heavy atom. The first kappa shape index (κ1) is 18.4. The van der Waals surface area contributed by atoms with Gasteiger partial charge in [-0.15, -0.1) is 0 Å². The standard InChI is InChI=1S/C16H26BrNO3/c1-4-8-18-12(3)15-7-6-13(17)9-16(15)21-11-14(19)10-20-5-2/h6-7,9,12,14,18-19H,4-5,8,10-11H2,1-3H3. The van der Waals surface area contributed by atoms with Crippen LogP contribution >= 0.6 is 15.9 Å². The Hall–Kier alpha value is -0.620. The predicted molar refractivity (Wildman–Crippen MR) is 88.8 cm³/mol. The zero-order chi connectivity index (χ0) is 15.7. The smallest absolute Gasteiger partial charge is 0.125 e. The zero-order valence-electron chi connectivity index (χ0n) is 13.1. The van der Waals surface area contributed by atoms with Crippen LogP contribution in [0.4, 0.5) is 0 Å². The number of rotatable bonds is 10. The van der Waals surface area contributed by atoms with Gasteiger partial charge in [0.25, 0.3) is 0 Å². The van der Waals surface area contributed by atoms with Gasteiger partial charge in [0.05, 0.1) is 6.61 Å². The Labute approximate surface area is 136 Å². The summed E-state index contributed by atoms with van der Waals surface area (Å²) in [6, 6.07) is 6.19. The number of halogens is 1. The van der Waals surface area contributed by atoms with Gasteiger partial charge in [-0.25, -0.2) is 0 Å². The van der Waals surface area contributed by atoms with Crippen LogP contribution < -0.4 is 10.1 Å². The van der Waals surface area contributed by atoms with Crippen molar-refractivity contribution < 1.29 is 14.6 Å². The molecule has 0 aliphatic rings. The summed E-state index contributed by atoms with van der Waals surface area (Å²) in [6.07, 6.45) is 0.472. The SMILES string of the molecule is CCCNC(C)c1ccc(Br)cc1OCC(O)COCC. The summed E-state index contributed by atoms with van der Waals surface area (Å²) in [6.45, 7) is 8.24. The predicted octanol–water partition coefficient (Wildman–Crippen LogP) is 3.29. The monoisotopic (exact) mass is 359 g/mol. The molecule has 2 N–H and O–H groups in total. The van der Waals surface area contributed by atoms with Crippen molar-refractivity contribution in [2.45, 2.75) is 39.3 Å². The van der Waals surface area contributed by atoms with Crippen molar-refractivity contribution in [3.8, 4) is 5.75 Å². The molecule has 21 heavy (non-hydrogen) atoms. The van der Waals surface area contributed by atoms with Gasteiger partial charge in [-0.1, -0.05) is 28.9 Å². The van der Waals surface area contributed by atoms with E-state index in [1.807, 2.05) is 25.1 Å². The fourth-order valence-corrected chi connectivity index (χ4v) is 2.29. The van der Waals surface area contributed by atoms with Crippen molar-refractivity contribution in [2.24, 2.45) is 0 Å². The average Bonchev–Trinajstić information content (AvgIpc) is 2.48. The molecule has 5 heteroatoms. The van der Waals surface area contributed by atoms with Gasteiger partial charge in [0.15, 0.2) is 0 Å². The summed E-state index contributed by atoms with van der Waals surface area (Å²) in [5.74, 6) is 0.788. The molecule has 0 amide bonds. The van der Waals surface area contributed by atoms with Crippen LogP contribution in [0.1, 0.15) is 38.8 Å². The van der Waals surface area contributed by atoms with Gasteiger partial charge in [-0.2, -0.15) is 0 Å². The summed E-state index contributed by atoms with van der Waals surface area (Å²) in [4.78, 5) is 0. The molecule has 1 aromatic rings. The molecule has 0 spiro atoms. The maximum Gasteiger partial charge on any atom is 0.125 e. The first-order chi connectivity index (χ1) is 10.1. The molecular weight excluding hydrogens is 334 g/mol. The van der Waals surface area contributed by atoms with Gasteiger partial charge in [-0.05, 0) is 38.9 Å². The van der Waals surface area contributed by atoms with Crippen LogP contribution in [0.5, 0.6) is 5.75 Å². The fraction of sp³-hybridized carbons (Fsp3) is 0.625. The van der Waals surface area contributed by atoms with Crippen LogP contribution in [-0.4, -0.2) is 37.6 Å². The lowest BCUT2D eigenvalue weighted by Gasteiger charge is -2.20. The van der Waals surface area contributed by atoms with Gasteiger partial charge in [0.1, 0.15) is 18.5 Å². The molecule has 0 bridgehead atoms. The molecule has 0 fully saturated rings. The van der Waals surface area contributed by atoms with Crippen molar-refractivity contribution in [1.82, 2.24) is 5.32 Å². The number of benzene rings is 1. The molecule has 1 rings (SSSR count). The number of hydrogen-bond acceptors (Lipinski definition) is 4. The van der Waals surface area contributed by atoms with E-state index < -0.39 is 6.10 Å². The third-order valence-electron chi connectivity index (χ3n) is 3.09. The molecule has 0 aliphatic heterocycles. The summed E-state index contributed by atoms with van der Waals surface area (Å²) in [7, 11) is 0. The molecule has 0 saturated heterocycles. The normalized spacial score (nSPS) is 14.0. The molecule has 2 atom stereocenters. The number of nitrogens with one attached hydrogen (secondary N) is 1. The van der Waals surface area contributed by atoms with E-state index in [-0.39, 0.29) is 12.6 Å². The second-order valence-electron chi connectivity index (χ2n) is 4.98. The van der Waals surface area contributed by atoms with Crippen molar-refractivity contribution in [1.29, 1.82) is 0 Å². The number of aliphatic hydroxyl groups is 1. The first-order valence-corrected chi connectivity index (χ1v) is 8.29. The van der Waals surface area contributed by atoms with E-state index >= 15 is 0 Å². The van der Waals surface area contributed by atoms with Crippen LogP contribution in [0.25, 0.3) is 0 Å². The van der Waals surface area contributed by atoms with E-state index in [9.17, 15) is 5.11 Å². The van der Waals surface area contributed by atoms with E-state index in [0.717, 1.165) is 28.8 Å². The fourth-order valence-electron chi connectivity index (χ4n) is 1.95. The van der Waals surface area contributed by atoms with Gasteiger partial charge >= 0.3 is 0 Å². The minimum absolute atomic E-state index is 0.206. The van der Waals surface area contributed by atoms with E-state index in [1.165, 1.54) is 0 Å². The highest BCUT2D eigenvalue weighted by Gasteiger charge is 2.13. The Morgan fingerprint density at radius 1 is 1.29 bits per heavy atom. The second kappa shape index (κ2) is 10.2. The molecule has 4 nitrogen and oxygen atoms in total. The van der Waals surface area contributed by atoms with E-state index in [1.54, 1.807) is 0 Å².